The highest BCUT2D eigenvalue weighted by molar-refractivity contribution is 7.85. The molecule has 1 amide bonds. The number of ether oxygens (including phenoxy) is 4. The second-order valence-corrected chi connectivity index (χ2v) is 15.2. The fraction of sp³-hybridized carbons (Fsp3) is 0.765. The number of esters is 4. The van der Waals surface area contributed by atoms with Crippen LogP contribution in [0.3, 0.4) is 0 Å². The number of Topliss-reactive ketones (excluding diaryl/α,β-unsaturated/α-hetero) is 1. The Morgan fingerprint density at radius 3 is 1.63 bits per heavy atom. The van der Waals surface area contributed by atoms with E-state index in [1.54, 1.807) is 48.5 Å². The van der Waals surface area contributed by atoms with Gasteiger partial charge in [-0.05, 0) is 81.6 Å². The summed E-state index contributed by atoms with van der Waals surface area (Å²) in [4.78, 5) is 67.4. The Kier molecular flexibility index (Phi) is 23.6. The molecule has 286 valence electrons. The molecule has 14 nitrogen and oxygen atoms in total. The molecule has 0 aromatic heterocycles. The first-order valence-electron chi connectivity index (χ1n) is 16.2. The zero-order chi connectivity index (χ0) is 39.4. The number of rotatable bonds is 18. The summed E-state index contributed by atoms with van der Waals surface area (Å²) in [7, 11) is -4.07. The minimum atomic E-state index is -4.07. The number of carbonyl (C=O) groups is 6. The van der Waals surface area contributed by atoms with Gasteiger partial charge < -0.3 is 24.3 Å². The summed E-state index contributed by atoms with van der Waals surface area (Å²) in [5.41, 5.74) is -1.65. The number of hydrogen-bond donors (Lipinski definition) is 2. The molecular formula is C34H61NO13S. The Labute approximate surface area is 293 Å². The second-order valence-electron chi connectivity index (χ2n) is 13.7. The van der Waals surface area contributed by atoms with Crippen LogP contribution in [-0.4, -0.2) is 85.8 Å². The fourth-order valence-corrected chi connectivity index (χ4v) is 3.85. The molecule has 0 aliphatic rings. The molecule has 15 heteroatoms. The van der Waals surface area contributed by atoms with E-state index < -0.39 is 50.3 Å². The quantitative estimate of drug-likeness (QED) is 0.0489. The Balaban J connectivity index is -0.000000649. The van der Waals surface area contributed by atoms with E-state index in [4.69, 9.17) is 23.5 Å². The van der Waals surface area contributed by atoms with Crippen molar-refractivity contribution in [2.45, 2.75) is 127 Å². The molecule has 0 saturated carbocycles. The van der Waals surface area contributed by atoms with Crippen molar-refractivity contribution < 1.29 is 60.7 Å². The van der Waals surface area contributed by atoms with Crippen LogP contribution in [0.5, 0.6) is 0 Å². The van der Waals surface area contributed by atoms with Gasteiger partial charge in [0.1, 0.15) is 38.1 Å². The smallest absolute Gasteiger partial charge is 0.333 e. The SMILES string of the molecule is C=C(C)C(=O)OC(C)COC(=O)C(C)(C)CC.CCC(C)(C)C(=O)OCCOC(=O)CC(C)=O.CCC(C)C(=O)NC(C)(C)CS(=O)(=O)O. The monoisotopic (exact) mass is 723 g/mol. The Morgan fingerprint density at radius 1 is 0.796 bits per heavy atom. The molecule has 0 spiro atoms. The molecule has 49 heavy (non-hydrogen) atoms. The van der Waals surface area contributed by atoms with Crippen LogP contribution < -0.4 is 5.32 Å². The average molecular weight is 724 g/mol. The van der Waals surface area contributed by atoms with E-state index in [0.29, 0.717) is 24.8 Å². The number of hydrogen-bond acceptors (Lipinski definition) is 12. The fourth-order valence-electron chi connectivity index (χ4n) is 2.87. The van der Waals surface area contributed by atoms with Gasteiger partial charge in [0.25, 0.3) is 10.1 Å². The Hall–Kier alpha value is -3.33. The lowest BCUT2D eigenvalue weighted by atomic mass is 9.91. The van der Waals surface area contributed by atoms with Gasteiger partial charge in [0.05, 0.1) is 22.1 Å². The maximum Gasteiger partial charge on any atom is 0.333 e. The summed E-state index contributed by atoms with van der Waals surface area (Å²) in [6.45, 7) is 25.9. The van der Waals surface area contributed by atoms with Gasteiger partial charge in [0.15, 0.2) is 0 Å². The van der Waals surface area contributed by atoms with Gasteiger partial charge in [0.2, 0.25) is 5.91 Å². The Morgan fingerprint density at radius 2 is 1.24 bits per heavy atom. The first-order chi connectivity index (χ1) is 22.1. The van der Waals surface area contributed by atoms with Crippen LogP contribution in [0.15, 0.2) is 12.2 Å². The minimum Gasteiger partial charge on any atom is -0.462 e. The molecule has 0 rings (SSSR count). The van der Waals surface area contributed by atoms with Crippen molar-refractivity contribution in [3.8, 4) is 0 Å². The lowest BCUT2D eigenvalue weighted by molar-refractivity contribution is -0.162. The van der Waals surface area contributed by atoms with E-state index in [0.717, 1.165) is 0 Å². The second kappa shape index (κ2) is 23.1. The molecule has 0 saturated heterocycles. The molecule has 2 atom stereocenters. The highest BCUT2D eigenvalue weighted by Gasteiger charge is 2.29. The van der Waals surface area contributed by atoms with Crippen LogP contribution in [0, 0.1) is 16.7 Å². The van der Waals surface area contributed by atoms with Crippen molar-refractivity contribution in [1.82, 2.24) is 5.32 Å². The van der Waals surface area contributed by atoms with Gasteiger partial charge in [-0.2, -0.15) is 8.42 Å². The number of ketones is 1. The average Bonchev–Trinajstić information content (AvgIpc) is 2.95. The van der Waals surface area contributed by atoms with Gasteiger partial charge in [-0.25, -0.2) is 4.79 Å². The van der Waals surface area contributed by atoms with Crippen molar-refractivity contribution in [2.75, 3.05) is 25.6 Å². The third kappa shape index (κ3) is 26.2. The van der Waals surface area contributed by atoms with Crippen molar-refractivity contribution >= 4 is 45.7 Å². The summed E-state index contributed by atoms with van der Waals surface area (Å²) in [6, 6.07) is 0. The predicted molar refractivity (Wildman–Crippen MR) is 185 cm³/mol. The molecule has 0 aromatic rings. The van der Waals surface area contributed by atoms with E-state index in [9.17, 15) is 37.2 Å². The topological polar surface area (TPSA) is 206 Å². The molecule has 0 aromatic carbocycles. The normalized spacial score (nSPS) is 12.7. The molecule has 2 unspecified atom stereocenters. The molecule has 0 heterocycles. The van der Waals surface area contributed by atoms with E-state index in [-0.39, 0.29) is 55.8 Å². The van der Waals surface area contributed by atoms with Crippen LogP contribution >= 0.6 is 0 Å². The van der Waals surface area contributed by atoms with E-state index in [1.807, 2.05) is 34.6 Å². The van der Waals surface area contributed by atoms with Crippen LogP contribution in [0.2, 0.25) is 0 Å². The molecule has 0 aliphatic heterocycles. The highest BCUT2D eigenvalue weighted by Crippen LogP contribution is 2.22. The van der Waals surface area contributed by atoms with Gasteiger partial charge >= 0.3 is 23.9 Å². The van der Waals surface area contributed by atoms with Gasteiger partial charge in [-0.15, -0.1) is 0 Å². The van der Waals surface area contributed by atoms with Crippen LogP contribution in [0.1, 0.15) is 116 Å². The van der Waals surface area contributed by atoms with Crippen molar-refractivity contribution in [2.24, 2.45) is 16.7 Å². The number of carbonyl (C=O) groups excluding carboxylic acids is 6. The third-order valence-corrected chi connectivity index (χ3v) is 8.10. The molecule has 2 N–H and O–H groups in total. The zero-order valence-electron chi connectivity index (χ0n) is 31.8. The predicted octanol–water partition coefficient (Wildman–Crippen LogP) is 4.78. The van der Waals surface area contributed by atoms with Gasteiger partial charge in [-0.1, -0.05) is 34.3 Å². The Bertz CT molecular complexity index is 1220. The summed E-state index contributed by atoms with van der Waals surface area (Å²) in [6.07, 6.45) is 1.36. The number of nitrogens with one attached hydrogen (secondary N) is 1. The summed E-state index contributed by atoms with van der Waals surface area (Å²) in [5, 5.41) is 2.59. The summed E-state index contributed by atoms with van der Waals surface area (Å²) < 4.78 is 49.8. The van der Waals surface area contributed by atoms with Gasteiger partial charge in [0, 0.05) is 11.5 Å². The third-order valence-electron chi connectivity index (χ3n) is 7.02. The van der Waals surface area contributed by atoms with Crippen LogP contribution in [0.4, 0.5) is 0 Å². The first kappa shape index (κ1) is 50.1. The van der Waals surface area contributed by atoms with Crippen molar-refractivity contribution in [1.29, 1.82) is 0 Å². The van der Waals surface area contributed by atoms with E-state index >= 15 is 0 Å². The highest BCUT2D eigenvalue weighted by atomic mass is 32.2. The molecule has 0 fully saturated rings. The minimum absolute atomic E-state index is 0.0162. The lowest BCUT2D eigenvalue weighted by Gasteiger charge is -2.26. The van der Waals surface area contributed by atoms with Gasteiger partial charge in [-0.3, -0.25) is 28.5 Å². The van der Waals surface area contributed by atoms with Crippen LogP contribution in [0.25, 0.3) is 0 Å². The standard InChI is InChI=1S/C13H22O4.C12H20O5.C9H19NO4S/c1-7-13(5,6)12(15)16-8-10(4)17-11(14)9(2)3;1-5-12(3,4)11(15)17-7-6-16-10(14)8-9(2)13;1-5-7(2)8(11)10-9(3,4)6-15(12,13)14/h10H,2,7-8H2,1,3-6H3;5-8H2,1-4H3;7H,5-6H2,1-4H3,(H,10,11)(H,12,13,14). The largest absolute Gasteiger partial charge is 0.462 e. The maximum absolute atomic E-state index is 11.6. The van der Waals surface area contributed by atoms with Crippen molar-refractivity contribution in [3.63, 3.8) is 0 Å². The number of amides is 1. The zero-order valence-corrected chi connectivity index (χ0v) is 32.6. The lowest BCUT2D eigenvalue weighted by Crippen LogP contribution is -2.49. The first-order valence-corrected chi connectivity index (χ1v) is 17.8. The molecule has 0 radical (unpaired) electrons. The summed E-state index contributed by atoms with van der Waals surface area (Å²) >= 11 is 0. The van der Waals surface area contributed by atoms with Crippen molar-refractivity contribution in [3.05, 3.63) is 12.2 Å². The van der Waals surface area contributed by atoms with Crippen LogP contribution in [-0.2, 0) is 57.8 Å². The van der Waals surface area contributed by atoms with E-state index in [2.05, 4.69) is 11.9 Å². The molecule has 0 aliphatic carbocycles. The molecular weight excluding hydrogens is 662 g/mol. The summed E-state index contributed by atoms with van der Waals surface area (Å²) in [5.74, 6) is -2.76. The molecule has 0 bridgehead atoms. The van der Waals surface area contributed by atoms with E-state index in [1.165, 1.54) is 6.92 Å². The maximum atomic E-state index is 11.6.